The van der Waals surface area contributed by atoms with Gasteiger partial charge in [-0.2, -0.15) is 0 Å². The summed E-state index contributed by atoms with van der Waals surface area (Å²) in [7, 11) is 0. The Kier molecular flexibility index (Phi) is 3.91. The molecule has 0 saturated heterocycles. The third-order valence-corrected chi connectivity index (χ3v) is 3.62. The summed E-state index contributed by atoms with van der Waals surface area (Å²) in [5.74, 6) is -0.107. The van der Waals surface area contributed by atoms with Crippen LogP contribution >= 0.6 is 27.3 Å². The third kappa shape index (κ3) is 2.92. The van der Waals surface area contributed by atoms with E-state index >= 15 is 0 Å². The minimum Gasteiger partial charge on any atom is -0.321 e. The molecular weight excluding hydrogens is 300 g/mol. The Morgan fingerprint density at radius 2 is 2.35 bits per heavy atom. The summed E-state index contributed by atoms with van der Waals surface area (Å²) in [5, 5.41) is 2.90. The first kappa shape index (κ1) is 12.3. The zero-order valence-electron chi connectivity index (χ0n) is 9.24. The summed E-state index contributed by atoms with van der Waals surface area (Å²) in [4.78, 5) is 16.4. The number of anilines is 1. The molecule has 1 amide bonds. The second-order valence-electron chi connectivity index (χ2n) is 3.47. The van der Waals surface area contributed by atoms with Gasteiger partial charge in [0.1, 0.15) is 4.88 Å². The topological polar surface area (TPSA) is 42.0 Å². The van der Waals surface area contributed by atoms with Crippen LogP contribution in [0.1, 0.15) is 22.2 Å². The zero-order valence-corrected chi connectivity index (χ0v) is 11.6. The number of hydrogen-bond donors (Lipinski definition) is 1. The van der Waals surface area contributed by atoms with E-state index in [2.05, 4.69) is 33.2 Å². The molecule has 3 nitrogen and oxygen atoms in total. The second-order valence-corrected chi connectivity index (χ2v) is 5.28. The summed E-state index contributed by atoms with van der Waals surface area (Å²) in [6.07, 6.45) is 2.45. The minimum absolute atomic E-state index is 0.107. The number of carbonyl (C=O) groups excluding carboxylic acids is 1. The largest absolute Gasteiger partial charge is 0.321 e. The molecule has 0 aliphatic rings. The minimum atomic E-state index is -0.107. The van der Waals surface area contributed by atoms with Crippen molar-refractivity contribution < 1.29 is 4.79 Å². The summed E-state index contributed by atoms with van der Waals surface area (Å²) >= 11 is 4.76. The van der Waals surface area contributed by atoms with Gasteiger partial charge in [-0.25, -0.2) is 0 Å². The number of amides is 1. The number of hydrogen-bond acceptors (Lipinski definition) is 3. The average Bonchev–Trinajstić information content (AvgIpc) is 2.85. The van der Waals surface area contributed by atoms with E-state index in [1.165, 1.54) is 11.3 Å². The van der Waals surface area contributed by atoms with Crippen LogP contribution in [0.15, 0.2) is 34.4 Å². The number of aromatic nitrogens is 1. The maximum atomic E-state index is 11.9. The molecule has 1 aromatic carbocycles. The van der Waals surface area contributed by atoms with Gasteiger partial charge in [0.05, 0.1) is 11.7 Å². The van der Waals surface area contributed by atoms with E-state index in [4.69, 9.17) is 0 Å². The molecular formula is C12H11BrN2OS. The highest BCUT2D eigenvalue weighted by atomic mass is 79.9. The first-order valence-corrected chi connectivity index (χ1v) is 6.86. The Labute approximate surface area is 112 Å². The smallest absolute Gasteiger partial charge is 0.267 e. The fourth-order valence-corrected chi connectivity index (χ4v) is 2.41. The maximum Gasteiger partial charge on any atom is 0.267 e. The summed E-state index contributed by atoms with van der Waals surface area (Å²) < 4.78 is 1.02. The molecule has 0 bridgehead atoms. The van der Waals surface area contributed by atoms with Crippen molar-refractivity contribution in [1.29, 1.82) is 0 Å². The molecule has 5 heteroatoms. The van der Waals surface area contributed by atoms with Crippen LogP contribution in [0, 0.1) is 0 Å². The molecule has 88 valence electrons. The maximum absolute atomic E-state index is 11.9. The van der Waals surface area contributed by atoms with Crippen molar-refractivity contribution in [2.24, 2.45) is 0 Å². The molecule has 17 heavy (non-hydrogen) atoms. The predicted octanol–water partition coefficient (Wildman–Crippen LogP) is 3.72. The fourth-order valence-electron chi connectivity index (χ4n) is 1.49. The lowest BCUT2D eigenvalue weighted by atomic mass is 10.1. The number of nitrogens with zero attached hydrogens (tertiary/aromatic N) is 1. The molecule has 0 aliphatic carbocycles. The van der Waals surface area contributed by atoms with E-state index in [0.717, 1.165) is 22.1 Å². The van der Waals surface area contributed by atoms with E-state index in [1.54, 1.807) is 11.7 Å². The van der Waals surface area contributed by atoms with Gasteiger partial charge >= 0.3 is 0 Å². The van der Waals surface area contributed by atoms with Crippen molar-refractivity contribution >= 4 is 38.9 Å². The van der Waals surface area contributed by atoms with Gasteiger partial charge in [-0.15, -0.1) is 11.3 Å². The molecule has 0 aliphatic heterocycles. The van der Waals surface area contributed by atoms with Crippen molar-refractivity contribution in [1.82, 2.24) is 4.98 Å². The number of thiazole rings is 1. The van der Waals surface area contributed by atoms with Crippen molar-refractivity contribution in [3.05, 3.63) is 44.8 Å². The molecule has 1 aromatic heterocycles. The summed E-state index contributed by atoms with van der Waals surface area (Å²) in [5.41, 5.74) is 3.61. The fraction of sp³-hybridized carbons (Fsp3) is 0.167. The Hall–Kier alpha value is -1.20. The number of rotatable bonds is 3. The van der Waals surface area contributed by atoms with Crippen molar-refractivity contribution in [3.63, 3.8) is 0 Å². The molecule has 0 atom stereocenters. The standard InChI is InChI=1S/C12H11BrN2OS/c1-2-8-5-9(13)3-4-10(8)15-12(16)11-6-14-7-17-11/h3-7H,2H2,1H3,(H,15,16). The van der Waals surface area contributed by atoms with Gasteiger partial charge < -0.3 is 5.32 Å². The molecule has 2 rings (SSSR count). The molecule has 0 unspecified atom stereocenters. The predicted molar refractivity (Wildman–Crippen MR) is 73.6 cm³/mol. The average molecular weight is 311 g/mol. The lowest BCUT2D eigenvalue weighted by molar-refractivity contribution is 0.103. The van der Waals surface area contributed by atoms with Crippen LogP contribution in [0.3, 0.4) is 0 Å². The van der Waals surface area contributed by atoms with Gasteiger partial charge in [-0.1, -0.05) is 22.9 Å². The number of halogens is 1. The van der Waals surface area contributed by atoms with E-state index < -0.39 is 0 Å². The first-order valence-electron chi connectivity index (χ1n) is 5.19. The van der Waals surface area contributed by atoms with Gasteiger partial charge in [0, 0.05) is 10.2 Å². The van der Waals surface area contributed by atoms with Crippen LogP contribution in [0.25, 0.3) is 0 Å². The lowest BCUT2D eigenvalue weighted by Gasteiger charge is -2.09. The molecule has 2 aromatic rings. The number of nitrogens with one attached hydrogen (secondary N) is 1. The van der Waals surface area contributed by atoms with E-state index in [-0.39, 0.29) is 5.91 Å². The van der Waals surface area contributed by atoms with Crippen molar-refractivity contribution in [2.75, 3.05) is 5.32 Å². The van der Waals surface area contributed by atoms with Crippen LogP contribution in [0.5, 0.6) is 0 Å². The number of benzene rings is 1. The highest BCUT2D eigenvalue weighted by molar-refractivity contribution is 9.10. The highest BCUT2D eigenvalue weighted by Crippen LogP contribution is 2.22. The van der Waals surface area contributed by atoms with Crippen LogP contribution in [0.4, 0.5) is 5.69 Å². The quantitative estimate of drug-likeness (QED) is 0.938. The number of aryl methyl sites for hydroxylation is 1. The van der Waals surface area contributed by atoms with Gasteiger partial charge in [-0.05, 0) is 30.2 Å². The Balaban J connectivity index is 2.21. The zero-order chi connectivity index (χ0) is 12.3. The summed E-state index contributed by atoms with van der Waals surface area (Å²) in [6.45, 7) is 2.06. The summed E-state index contributed by atoms with van der Waals surface area (Å²) in [6, 6.07) is 5.84. The van der Waals surface area contributed by atoms with Crippen LogP contribution in [0.2, 0.25) is 0 Å². The van der Waals surface area contributed by atoms with Crippen molar-refractivity contribution in [2.45, 2.75) is 13.3 Å². The molecule has 1 heterocycles. The van der Waals surface area contributed by atoms with Gasteiger partial charge in [-0.3, -0.25) is 9.78 Å². The molecule has 0 radical (unpaired) electrons. The highest BCUT2D eigenvalue weighted by Gasteiger charge is 2.09. The molecule has 0 fully saturated rings. The second kappa shape index (κ2) is 5.42. The molecule has 0 spiro atoms. The van der Waals surface area contributed by atoms with Gasteiger partial charge in [0.25, 0.3) is 5.91 Å². The van der Waals surface area contributed by atoms with Gasteiger partial charge in [0.2, 0.25) is 0 Å². The third-order valence-electron chi connectivity index (χ3n) is 2.35. The monoisotopic (exact) mass is 310 g/mol. The lowest BCUT2D eigenvalue weighted by Crippen LogP contribution is -2.11. The van der Waals surface area contributed by atoms with E-state index in [1.807, 2.05) is 18.2 Å². The normalized spacial score (nSPS) is 10.2. The Morgan fingerprint density at radius 3 is 3.00 bits per heavy atom. The van der Waals surface area contributed by atoms with Gasteiger partial charge in [0.15, 0.2) is 0 Å². The Bertz CT molecular complexity index is 525. The SMILES string of the molecule is CCc1cc(Br)ccc1NC(=O)c1cncs1. The van der Waals surface area contributed by atoms with Crippen LogP contribution in [-0.4, -0.2) is 10.9 Å². The molecule has 1 N–H and O–H groups in total. The van der Waals surface area contributed by atoms with E-state index in [0.29, 0.717) is 4.88 Å². The van der Waals surface area contributed by atoms with Crippen LogP contribution in [-0.2, 0) is 6.42 Å². The van der Waals surface area contributed by atoms with Crippen LogP contribution < -0.4 is 5.32 Å². The van der Waals surface area contributed by atoms with E-state index in [9.17, 15) is 4.79 Å². The first-order chi connectivity index (χ1) is 8.20. The molecule has 0 saturated carbocycles. The Morgan fingerprint density at radius 1 is 1.53 bits per heavy atom. The van der Waals surface area contributed by atoms with Crippen molar-refractivity contribution in [3.8, 4) is 0 Å². The number of carbonyl (C=O) groups is 1.